The molecule has 0 heterocycles. The van der Waals surface area contributed by atoms with Gasteiger partial charge in [-0.15, -0.1) is 0 Å². The molecule has 1 aromatic carbocycles. The predicted molar refractivity (Wildman–Crippen MR) is 68.2 cm³/mol. The first-order valence-corrected chi connectivity index (χ1v) is 6.27. The van der Waals surface area contributed by atoms with Gasteiger partial charge in [-0.05, 0) is 30.0 Å². The van der Waals surface area contributed by atoms with Gasteiger partial charge in [0.2, 0.25) is 0 Å². The van der Waals surface area contributed by atoms with Gasteiger partial charge in [0.05, 0.1) is 11.0 Å². The highest BCUT2D eigenvalue weighted by Gasteiger charge is 2.34. The van der Waals surface area contributed by atoms with Crippen molar-refractivity contribution < 1.29 is 10.0 Å². The lowest BCUT2D eigenvalue weighted by Gasteiger charge is -2.11. The summed E-state index contributed by atoms with van der Waals surface area (Å²) in [6.07, 6.45) is 1.75. The van der Waals surface area contributed by atoms with Crippen molar-refractivity contribution in [1.82, 2.24) is 5.32 Å². The molecule has 18 heavy (non-hydrogen) atoms. The van der Waals surface area contributed by atoms with Gasteiger partial charge in [-0.25, -0.2) is 0 Å². The van der Waals surface area contributed by atoms with Crippen LogP contribution in [-0.4, -0.2) is 22.6 Å². The summed E-state index contributed by atoms with van der Waals surface area (Å²) in [5.74, 6) is 0.745. The molecule has 5 heteroatoms. The fraction of sp³-hybridized carbons (Fsp3) is 0.538. The van der Waals surface area contributed by atoms with Crippen molar-refractivity contribution in [2.75, 3.05) is 6.54 Å². The van der Waals surface area contributed by atoms with E-state index in [9.17, 15) is 15.2 Å². The molecule has 1 saturated carbocycles. The Morgan fingerprint density at radius 3 is 2.67 bits per heavy atom. The molecule has 0 aliphatic heterocycles. The van der Waals surface area contributed by atoms with E-state index in [0.29, 0.717) is 18.2 Å². The number of hydrogen-bond acceptors (Lipinski definition) is 4. The predicted octanol–water partition coefficient (Wildman–Crippen LogP) is 2.02. The Labute approximate surface area is 106 Å². The number of nitro benzene ring substituents is 1. The summed E-state index contributed by atoms with van der Waals surface area (Å²) in [6.45, 7) is 2.66. The molecule has 2 N–H and O–H groups in total. The Balaban J connectivity index is 1.85. The first-order valence-electron chi connectivity index (χ1n) is 6.27. The molecule has 3 unspecified atom stereocenters. The molecule has 1 aliphatic rings. The fourth-order valence-electron chi connectivity index (χ4n) is 2.15. The van der Waals surface area contributed by atoms with E-state index in [2.05, 4.69) is 12.2 Å². The number of non-ortho nitro benzene ring substituents is 1. The van der Waals surface area contributed by atoms with Crippen LogP contribution in [0.25, 0.3) is 0 Å². The van der Waals surface area contributed by atoms with Crippen molar-refractivity contribution in [2.45, 2.75) is 31.9 Å². The number of nitrogens with zero attached hydrogens (tertiary/aromatic N) is 1. The first kappa shape index (κ1) is 13.0. The monoisotopic (exact) mass is 250 g/mol. The van der Waals surface area contributed by atoms with Crippen LogP contribution in [0.3, 0.4) is 0 Å². The zero-order chi connectivity index (χ0) is 13.1. The van der Waals surface area contributed by atoms with Crippen LogP contribution in [0.4, 0.5) is 5.69 Å². The average Bonchev–Trinajstić information content (AvgIpc) is 3.14. The molecular weight excluding hydrogens is 232 g/mol. The van der Waals surface area contributed by atoms with Crippen LogP contribution in [-0.2, 0) is 0 Å². The molecule has 0 spiro atoms. The van der Waals surface area contributed by atoms with Gasteiger partial charge in [0.1, 0.15) is 0 Å². The summed E-state index contributed by atoms with van der Waals surface area (Å²) >= 11 is 0. The Morgan fingerprint density at radius 2 is 2.17 bits per heavy atom. The van der Waals surface area contributed by atoms with E-state index >= 15 is 0 Å². The highest BCUT2D eigenvalue weighted by molar-refractivity contribution is 5.33. The maximum absolute atomic E-state index is 10.5. The molecule has 0 aromatic heterocycles. The fourth-order valence-corrected chi connectivity index (χ4v) is 2.15. The van der Waals surface area contributed by atoms with Gasteiger partial charge in [0.15, 0.2) is 0 Å². The third kappa shape index (κ3) is 3.05. The van der Waals surface area contributed by atoms with Gasteiger partial charge in [-0.1, -0.05) is 13.3 Å². The largest absolute Gasteiger partial charge is 0.387 e. The minimum absolute atomic E-state index is 0.0483. The van der Waals surface area contributed by atoms with Gasteiger partial charge >= 0.3 is 0 Å². The van der Waals surface area contributed by atoms with Crippen molar-refractivity contribution in [3.05, 3.63) is 39.9 Å². The Morgan fingerprint density at radius 1 is 1.50 bits per heavy atom. The Kier molecular flexibility index (Phi) is 3.93. The van der Waals surface area contributed by atoms with Crippen LogP contribution in [0.15, 0.2) is 24.3 Å². The summed E-state index contributed by atoms with van der Waals surface area (Å²) in [6, 6.07) is 6.58. The van der Waals surface area contributed by atoms with Crippen LogP contribution >= 0.6 is 0 Å². The van der Waals surface area contributed by atoms with Crippen molar-refractivity contribution in [2.24, 2.45) is 5.92 Å². The zero-order valence-electron chi connectivity index (χ0n) is 10.4. The average molecular weight is 250 g/mol. The Bertz CT molecular complexity index is 419. The summed E-state index contributed by atoms with van der Waals surface area (Å²) in [4.78, 5) is 10.1. The molecule has 5 nitrogen and oxygen atoms in total. The number of nitrogens with one attached hydrogen (secondary N) is 1. The van der Waals surface area contributed by atoms with E-state index in [1.54, 1.807) is 12.1 Å². The number of nitro groups is 1. The summed E-state index contributed by atoms with van der Waals surface area (Å²) in [5, 5.41) is 23.8. The molecule has 98 valence electrons. The SMILES string of the molecule is CCC1CC1NCC(O)c1ccc([N+](=O)[O-])cc1. The van der Waals surface area contributed by atoms with Gasteiger partial charge in [0, 0.05) is 24.7 Å². The van der Waals surface area contributed by atoms with Gasteiger partial charge in [-0.2, -0.15) is 0 Å². The minimum atomic E-state index is -0.607. The summed E-state index contributed by atoms with van der Waals surface area (Å²) in [5.41, 5.74) is 0.758. The Hall–Kier alpha value is -1.46. The minimum Gasteiger partial charge on any atom is -0.387 e. The molecule has 0 radical (unpaired) electrons. The number of aliphatic hydroxyl groups excluding tert-OH is 1. The van der Waals surface area contributed by atoms with Gasteiger partial charge < -0.3 is 10.4 Å². The summed E-state index contributed by atoms with van der Waals surface area (Å²) < 4.78 is 0. The lowest BCUT2D eigenvalue weighted by Crippen LogP contribution is -2.24. The zero-order valence-corrected chi connectivity index (χ0v) is 10.4. The van der Waals surface area contributed by atoms with Crippen molar-refractivity contribution in [3.63, 3.8) is 0 Å². The molecule has 0 bridgehead atoms. The van der Waals surface area contributed by atoms with Crippen LogP contribution in [0, 0.1) is 16.0 Å². The lowest BCUT2D eigenvalue weighted by molar-refractivity contribution is -0.384. The van der Waals surface area contributed by atoms with E-state index in [0.717, 1.165) is 5.92 Å². The van der Waals surface area contributed by atoms with E-state index < -0.39 is 11.0 Å². The van der Waals surface area contributed by atoms with Gasteiger partial charge in [0.25, 0.3) is 5.69 Å². The van der Waals surface area contributed by atoms with Gasteiger partial charge in [-0.3, -0.25) is 10.1 Å². The number of hydrogen-bond donors (Lipinski definition) is 2. The second kappa shape index (κ2) is 5.46. The molecule has 3 atom stereocenters. The smallest absolute Gasteiger partial charge is 0.269 e. The summed E-state index contributed by atoms with van der Waals surface area (Å²) in [7, 11) is 0. The molecule has 1 fully saturated rings. The molecule has 1 aliphatic carbocycles. The lowest BCUT2D eigenvalue weighted by atomic mass is 10.1. The second-order valence-electron chi connectivity index (χ2n) is 4.78. The van der Waals surface area contributed by atoms with E-state index in [1.165, 1.54) is 25.0 Å². The highest BCUT2D eigenvalue weighted by atomic mass is 16.6. The van der Waals surface area contributed by atoms with Crippen LogP contribution in [0.1, 0.15) is 31.4 Å². The molecule has 0 amide bonds. The first-order chi connectivity index (χ1) is 8.61. The molecular formula is C13H18N2O3. The standard InChI is InChI=1S/C13H18N2O3/c1-2-9-7-12(9)14-8-13(16)10-3-5-11(6-4-10)15(17)18/h3-6,9,12-14,16H,2,7-8H2,1H3. The molecule has 0 saturated heterocycles. The van der Waals surface area contributed by atoms with Crippen LogP contribution < -0.4 is 5.32 Å². The third-order valence-electron chi connectivity index (χ3n) is 3.51. The highest BCUT2D eigenvalue weighted by Crippen LogP contribution is 2.33. The van der Waals surface area contributed by atoms with Crippen LogP contribution in [0.5, 0.6) is 0 Å². The maximum atomic E-state index is 10.5. The topological polar surface area (TPSA) is 75.4 Å². The van der Waals surface area contributed by atoms with E-state index in [-0.39, 0.29) is 5.69 Å². The van der Waals surface area contributed by atoms with Crippen molar-refractivity contribution in [1.29, 1.82) is 0 Å². The van der Waals surface area contributed by atoms with Crippen molar-refractivity contribution in [3.8, 4) is 0 Å². The third-order valence-corrected chi connectivity index (χ3v) is 3.51. The number of rotatable bonds is 6. The van der Waals surface area contributed by atoms with E-state index in [4.69, 9.17) is 0 Å². The van der Waals surface area contributed by atoms with E-state index in [1.807, 2.05) is 0 Å². The van der Waals surface area contributed by atoms with Crippen molar-refractivity contribution >= 4 is 5.69 Å². The second-order valence-corrected chi connectivity index (χ2v) is 4.78. The molecule has 1 aromatic rings. The maximum Gasteiger partial charge on any atom is 0.269 e. The molecule has 2 rings (SSSR count). The number of aliphatic hydroxyl groups is 1. The normalized spacial score (nSPS) is 23.7. The quantitative estimate of drug-likeness (QED) is 0.598. The number of benzene rings is 1. The van der Waals surface area contributed by atoms with Crippen LogP contribution in [0.2, 0.25) is 0 Å².